The van der Waals surface area contributed by atoms with Gasteiger partial charge in [-0.05, 0) is 44.8 Å². The van der Waals surface area contributed by atoms with Gasteiger partial charge in [-0.25, -0.2) is 0 Å². The summed E-state index contributed by atoms with van der Waals surface area (Å²) in [5.41, 5.74) is 0. The minimum Gasteiger partial charge on any atom is -0.166 e. The predicted molar refractivity (Wildman–Crippen MR) is 78.6 cm³/mol. The van der Waals surface area contributed by atoms with Crippen molar-refractivity contribution in [3.63, 3.8) is 0 Å². The van der Waals surface area contributed by atoms with Crippen molar-refractivity contribution in [3.8, 4) is 0 Å². The second-order valence-corrected chi connectivity index (χ2v) is 28.4. The van der Waals surface area contributed by atoms with E-state index in [0.717, 1.165) is 0 Å². The first kappa shape index (κ1) is 12.8. The molecule has 0 bridgehead atoms. The molecule has 10 heteroatoms. The fourth-order valence-corrected chi connectivity index (χ4v) is 12.9. The van der Waals surface area contributed by atoms with Crippen LogP contribution >= 0.6 is 43.0 Å². The van der Waals surface area contributed by atoms with E-state index in [2.05, 4.69) is 25.9 Å². The van der Waals surface area contributed by atoms with E-state index in [9.17, 15) is 0 Å². The molecule has 0 atom stereocenters. The summed E-state index contributed by atoms with van der Waals surface area (Å²) in [5.74, 6) is 0. The van der Waals surface area contributed by atoms with Gasteiger partial charge in [0.1, 0.15) is 0 Å². The zero-order valence-electron chi connectivity index (χ0n) is 4.17. The van der Waals surface area contributed by atoms with Crippen molar-refractivity contribution < 1.29 is 0 Å². The molecule has 62 valence electrons. The van der Waals surface area contributed by atoms with Gasteiger partial charge in [0.05, 0.1) is 26.0 Å². The molecule has 0 aliphatic rings. The highest BCUT2D eigenvalue weighted by Crippen LogP contribution is 2.22. The Kier molecular flexibility index (Phi) is 6.26. The van der Waals surface area contributed by atoms with Gasteiger partial charge in [0.2, 0.25) is 0 Å². The molecule has 0 rings (SSSR count). The van der Waals surface area contributed by atoms with E-state index >= 15 is 0 Å². The Bertz CT molecular complexity index is 278. The second kappa shape index (κ2) is 4.88. The molecule has 0 aromatic carbocycles. The SMILES string of the molecule is S=S(=S)(S)N=IS(=S)(=S)S. The van der Waals surface area contributed by atoms with Crippen LogP contribution < -0.4 is 0 Å². The molecule has 0 saturated carbocycles. The summed E-state index contributed by atoms with van der Waals surface area (Å²) >= 11 is 26.5. The molecule has 0 aromatic rings. The fraction of sp³-hybridized carbons (Fsp3) is 0. The van der Waals surface area contributed by atoms with E-state index in [4.69, 9.17) is 44.8 Å². The highest BCUT2D eigenvalue weighted by atomic mass is 127. The summed E-state index contributed by atoms with van der Waals surface area (Å²) in [6, 6.07) is 0. The quantitative estimate of drug-likeness (QED) is 0.318. The van der Waals surface area contributed by atoms with Crippen LogP contribution in [0, 0.1) is 0 Å². The summed E-state index contributed by atoms with van der Waals surface area (Å²) in [7, 11) is 0. The zero-order chi connectivity index (χ0) is 8.41. The van der Waals surface area contributed by atoms with Crippen molar-refractivity contribution in [2.45, 2.75) is 0 Å². The zero-order valence-corrected chi connectivity index (χ0v) is 13.0. The average Bonchev–Trinajstić information content (AvgIpc) is 1.57. The van der Waals surface area contributed by atoms with Gasteiger partial charge in [0.15, 0.2) is 0 Å². The minimum atomic E-state index is -1.88. The van der Waals surface area contributed by atoms with Crippen molar-refractivity contribution in [3.05, 3.63) is 0 Å². The Morgan fingerprint density at radius 1 is 1.10 bits per heavy atom. The molecule has 0 aliphatic carbocycles. The maximum Gasteiger partial charge on any atom is 0.0951 e. The van der Waals surface area contributed by atoms with Gasteiger partial charge in [0, 0.05) is 3.35 Å². The van der Waals surface area contributed by atoms with E-state index < -0.39 is 29.4 Å². The molecule has 0 aliphatic heterocycles. The van der Waals surface area contributed by atoms with Gasteiger partial charge in [-0.3, -0.25) is 0 Å². The van der Waals surface area contributed by atoms with Crippen LogP contribution in [0.4, 0.5) is 0 Å². The third-order valence-electron chi connectivity index (χ3n) is 0.203. The van der Waals surface area contributed by atoms with Crippen molar-refractivity contribution >= 4 is 97.4 Å². The second-order valence-electron chi connectivity index (χ2n) is 0.998. The van der Waals surface area contributed by atoms with E-state index in [0.29, 0.717) is 0 Å². The van der Waals surface area contributed by atoms with E-state index in [-0.39, 0.29) is 0 Å². The van der Waals surface area contributed by atoms with Gasteiger partial charge in [-0.1, -0.05) is 23.3 Å². The molecule has 0 fully saturated rings. The number of halogens is 1. The summed E-state index contributed by atoms with van der Waals surface area (Å²) in [6.45, 7) is 0. The van der Waals surface area contributed by atoms with Crippen LogP contribution in [0.5, 0.6) is 0 Å². The van der Waals surface area contributed by atoms with Gasteiger partial charge >= 0.3 is 0 Å². The molecule has 0 amide bonds. The normalized spacial score (nSPS) is 15.0. The van der Waals surface area contributed by atoms with Crippen molar-refractivity contribution in [1.82, 2.24) is 0 Å². The van der Waals surface area contributed by atoms with Crippen molar-refractivity contribution in [2.75, 3.05) is 0 Å². The Morgan fingerprint density at radius 2 is 1.50 bits per heavy atom. The van der Waals surface area contributed by atoms with E-state index in [1.54, 1.807) is 0 Å². The third-order valence-corrected chi connectivity index (χ3v) is 12.2. The Morgan fingerprint density at radius 3 is 1.60 bits per heavy atom. The largest absolute Gasteiger partial charge is 0.166 e. The molecule has 0 heterocycles. The van der Waals surface area contributed by atoms with E-state index in [1.165, 1.54) is 0 Å². The number of rotatable bonds is 2. The lowest BCUT2D eigenvalue weighted by atomic mass is 13.9. The first-order valence-corrected chi connectivity index (χ1v) is 14.1. The molecular weight excluding hydrogens is 397 g/mol. The van der Waals surface area contributed by atoms with Gasteiger partial charge in [-0.2, -0.15) is 2.55 Å². The highest BCUT2D eigenvalue weighted by Gasteiger charge is 1.90. The summed E-state index contributed by atoms with van der Waals surface area (Å²) in [6.07, 6.45) is -1.88. The molecular formula is H2INS8. The molecule has 0 N–H and O–H groups in total. The summed E-state index contributed by atoms with van der Waals surface area (Å²) in [5, 5.41) is 0. The maximum absolute atomic E-state index is 4.86. The Balaban J connectivity index is 4.64. The van der Waals surface area contributed by atoms with Crippen LogP contribution in [-0.4, -0.2) is 0 Å². The molecule has 1 nitrogen and oxygen atoms in total. The average molecular weight is 399 g/mol. The number of hydrogen-bond donors (Lipinski definition) is 2. The third kappa shape index (κ3) is 10.8. The van der Waals surface area contributed by atoms with Crippen molar-refractivity contribution in [1.29, 1.82) is 0 Å². The lowest BCUT2D eigenvalue weighted by Gasteiger charge is -1.90. The maximum atomic E-state index is 4.86. The van der Waals surface area contributed by atoms with Crippen LogP contribution in [-0.2, 0) is 54.5 Å². The van der Waals surface area contributed by atoms with Crippen LogP contribution in [0.15, 0.2) is 2.55 Å². The number of hydrogen-bond acceptors (Lipinski definition) is 4. The molecule has 10 heavy (non-hydrogen) atoms. The Hall–Kier alpha value is 2.81. The van der Waals surface area contributed by atoms with Gasteiger partial charge in [0.25, 0.3) is 0 Å². The van der Waals surface area contributed by atoms with Crippen molar-refractivity contribution in [2.24, 2.45) is 2.55 Å². The van der Waals surface area contributed by atoms with Crippen LogP contribution in [0.25, 0.3) is 0 Å². The molecule has 0 saturated heterocycles. The van der Waals surface area contributed by atoms with Crippen LogP contribution in [0.2, 0.25) is 0 Å². The summed E-state index contributed by atoms with van der Waals surface area (Å²) < 4.78 is 2.35. The van der Waals surface area contributed by atoms with E-state index in [1.807, 2.05) is 0 Å². The lowest BCUT2D eigenvalue weighted by Crippen LogP contribution is -1.70. The molecule has 0 aromatic heterocycles. The monoisotopic (exact) mass is 399 g/mol. The van der Waals surface area contributed by atoms with Crippen LogP contribution in [0.1, 0.15) is 0 Å². The van der Waals surface area contributed by atoms with Gasteiger partial charge < -0.3 is 0 Å². The topological polar surface area (TPSA) is 12.4 Å². The summed E-state index contributed by atoms with van der Waals surface area (Å²) in [4.78, 5) is 0. The fourth-order valence-electron chi connectivity index (χ4n) is 0.0712. The minimum absolute atomic E-state index is 0.654. The van der Waals surface area contributed by atoms with Gasteiger partial charge in [-0.15, -0.1) is 0 Å². The molecule has 0 radical (unpaired) electrons. The van der Waals surface area contributed by atoms with Crippen LogP contribution in [0.3, 0.4) is 0 Å². The lowest BCUT2D eigenvalue weighted by molar-refractivity contribution is 2.18. The number of thiol groups is 2. The number of nitrogens with zero attached hydrogens (tertiary/aromatic N) is 1. The molecule has 0 spiro atoms. The molecule has 0 unspecified atom stereocenters. The predicted octanol–water partition coefficient (Wildman–Crippen LogP) is 1.82. The first-order valence-electron chi connectivity index (χ1n) is 1.54. The standard InChI is InChI=1S/H2INS8/c3-9(4,5)1-2-10(6,7)8/h(H,3,4,5)(H,6,7,8). The first-order chi connectivity index (χ1) is 4.21. The smallest absolute Gasteiger partial charge is 0.0951 e. The Labute approximate surface area is 98.1 Å². The highest BCUT2D eigenvalue weighted by molar-refractivity contribution is 14.2.